The highest BCUT2D eigenvalue weighted by atomic mass is 35.5. The summed E-state index contributed by atoms with van der Waals surface area (Å²) in [5.74, 6) is -1.91. The summed E-state index contributed by atoms with van der Waals surface area (Å²) in [7, 11) is 0. The van der Waals surface area contributed by atoms with Gasteiger partial charge in [-0.2, -0.15) is 0 Å². The molecule has 64 valence electrons. The van der Waals surface area contributed by atoms with Crippen molar-refractivity contribution in [2.45, 2.75) is 6.04 Å². The number of carboxylic acids is 1. The molecule has 0 aromatic carbocycles. The number of carbonyl (C=O) groups excluding carboxylic acids is 1. The summed E-state index contributed by atoms with van der Waals surface area (Å²) in [6, 6.07) is -1.16. The number of primary amides is 1. The van der Waals surface area contributed by atoms with Crippen LogP contribution in [0, 0.1) is 0 Å². The molecule has 6 heteroatoms. The smallest absolute Gasteiger partial charge is 0.324 e. The van der Waals surface area contributed by atoms with Gasteiger partial charge in [-0.3, -0.25) is 9.59 Å². The standard InChI is InChI=1S/C5H8N2O3.ClH/c6-3(5(9)10)1-2-4(7)8;/h1-3H,6H2,(H2,7,8)(H,9,10);1H/b2-1+;. The highest BCUT2D eigenvalue weighted by Crippen LogP contribution is 1.80. The molecule has 5 nitrogen and oxygen atoms in total. The molecule has 0 spiro atoms. The van der Waals surface area contributed by atoms with Crippen LogP contribution < -0.4 is 11.5 Å². The van der Waals surface area contributed by atoms with E-state index in [4.69, 9.17) is 10.8 Å². The average Bonchev–Trinajstić information content (AvgIpc) is 1.82. The molecule has 1 amide bonds. The van der Waals surface area contributed by atoms with Crippen LogP contribution in [0.25, 0.3) is 0 Å². The van der Waals surface area contributed by atoms with E-state index in [1.165, 1.54) is 0 Å². The Balaban J connectivity index is 0. The molecular formula is C5H9ClN2O3. The fraction of sp³-hybridized carbons (Fsp3) is 0.200. The van der Waals surface area contributed by atoms with E-state index in [0.717, 1.165) is 12.2 Å². The van der Waals surface area contributed by atoms with Crippen LogP contribution in [0.5, 0.6) is 0 Å². The number of amides is 1. The molecule has 0 bridgehead atoms. The number of aliphatic carboxylic acids is 1. The Kier molecular flexibility index (Phi) is 6.52. The van der Waals surface area contributed by atoms with Crippen LogP contribution in [0.2, 0.25) is 0 Å². The Labute approximate surface area is 69.5 Å². The molecule has 0 aliphatic heterocycles. The van der Waals surface area contributed by atoms with Crippen LogP contribution >= 0.6 is 12.4 Å². The minimum absolute atomic E-state index is 0. The van der Waals surface area contributed by atoms with E-state index in [-0.39, 0.29) is 12.4 Å². The Hall–Kier alpha value is -1.07. The van der Waals surface area contributed by atoms with Gasteiger partial charge in [-0.15, -0.1) is 12.4 Å². The van der Waals surface area contributed by atoms with Gasteiger partial charge in [0.15, 0.2) is 0 Å². The lowest BCUT2D eigenvalue weighted by molar-refractivity contribution is -0.137. The lowest BCUT2D eigenvalue weighted by atomic mass is 10.3. The second kappa shape index (κ2) is 5.70. The highest BCUT2D eigenvalue weighted by molar-refractivity contribution is 5.87. The molecule has 0 radical (unpaired) electrons. The number of rotatable bonds is 3. The molecule has 0 heterocycles. The summed E-state index contributed by atoms with van der Waals surface area (Å²) in [5, 5.41) is 8.17. The van der Waals surface area contributed by atoms with Crippen LogP contribution in [0.15, 0.2) is 12.2 Å². The molecule has 5 N–H and O–H groups in total. The largest absolute Gasteiger partial charge is 0.480 e. The summed E-state index contributed by atoms with van der Waals surface area (Å²) < 4.78 is 0. The summed E-state index contributed by atoms with van der Waals surface area (Å²) in [6.07, 6.45) is 1.93. The molecule has 0 rings (SSSR count). The third-order valence-corrected chi connectivity index (χ3v) is 0.753. The zero-order chi connectivity index (χ0) is 8.15. The molecule has 0 aliphatic carbocycles. The van der Waals surface area contributed by atoms with E-state index in [0.29, 0.717) is 0 Å². The van der Waals surface area contributed by atoms with Crippen LogP contribution in [0.3, 0.4) is 0 Å². The average molecular weight is 181 g/mol. The minimum Gasteiger partial charge on any atom is -0.480 e. The van der Waals surface area contributed by atoms with Crippen LogP contribution in [-0.2, 0) is 9.59 Å². The Morgan fingerprint density at radius 1 is 1.45 bits per heavy atom. The van der Waals surface area contributed by atoms with Crippen LogP contribution in [0.1, 0.15) is 0 Å². The van der Waals surface area contributed by atoms with Gasteiger partial charge in [0.2, 0.25) is 5.91 Å². The molecule has 0 aromatic rings. The first-order chi connectivity index (χ1) is 4.54. The number of halogens is 1. The molecule has 0 aliphatic rings. The van der Waals surface area contributed by atoms with Crippen LogP contribution in [-0.4, -0.2) is 23.0 Å². The number of carboxylic acid groups (broad SMARTS) is 1. The van der Waals surface area contributed by atoms with E-state index in [2.05, 4.69) is 5.73 Å². The topological polar surface area (TPSA) is 106 Å². The van der Waals surface area contributed by atoms with Crippen molar-refractivity contribution in [2.75, 3.05) is 0 Å². The van der Waals surface area contributed by atoms with Crippen molar-refractivity contribution >= 4 is 24.3 Å². The third-order valence-electron chi connectivity index (χ3n) is 0.753. The monoisotopic (exact) mass is 180 g/mol. The summed E-state index contributed by atoms with van der Waals surface area (Å²) in [4.78, 5) is 20.0. The van der Waals surface area contributed by atoms with Crippen molar-refractivity contribution in [1.29, 1.82) is 0 Å². The fourth-order valence-electron chi connectivity index (χ4n) is 0.281. The lowest BCUT2D eigenvalue weighted by Gasteiger charge is -1.95. The first kappa shape index (κ1) is 12.6. The maximum Gasteiger partial charge on any atom is 0.324 e. The summed E-state index contributed by atoms with van der Waals surface area (Å²) in [6.45, 7) is 0. The number of hydrogen-bond donors (Lipinski definition) is 3. The fourth-order valence-corrected chi connectivity index (χ4v) is 0.281. The molecular weight excluding hydrogens is 172 g/mol. The molecule has 0 fully saturated rings. The second-order valence-electron chi connectivity index (χ2n) is 1.63. The van der Waals surface area contributed by atoms with E-state index < -0.39 is 17.9 Å². The third kappa shape index (κ3) is 6.82. The van der Waals surface area contributed by atoms with E-state index in [1.807, 2.05) is 0 Å². The predicted octanol–water partition coefficient (Wildman–Crippen LogP) is -1.14. The van der Waals surface area contributed by atoms with Gasteiger partial charge in [-0.25, -0.2) is 0 Å². The maximum absolute atomic E-state index is 10.0. The lowest BCUT2D eigenvalue weighted by Crippen LogP contribution is -2.28. The number of nitrogens with two attached hydrogens (primary N) is 2. The van der Waals surface area contributed by atoms with Crippen LogP contribution in [0.4, 0.5) is 0 Å². The molecule has 0 aromatic heterocycles. The van der Waals surface area contributed by atoms with Gasteiger partial charge < -0.3 is 16.6 Å². The van der Waals surface area contributed by atoms with Crippen molar-refractivity contribution in [3.63, 3.8) is 0 Å². The van der Waals surface area contributed by atoms with Crippen molar-refractivity contribution in [2.24, 2.45) is 11.5 Å². The Bertz CT molecular complexity index is 181. The minimum atomic E-state index is -1.20. The van der Waals surface area contributed by atoms with Gasteiger partial charge in [0.05, 0.1) is 0 Å². The van der Waals surface area contributed by atoms with Crippen molar-refractivity contribution in [3.05, 3.63) is 12.2 Å². The van der Waals surface area contributed by atoms with Gasteiger partial charge in [-0.05, 0) is 0 Å². The summed E-state index contributed by atoms with van der Waals surface area (Å²) in [5.41, 5.74) is 9.64. The number of hydrogen-bond acceptors (Lipinski definition) is 3. The quantitative estimate of drug-likeness (QED) is 0.478. The zero-order valence-corrected chi connectivity index (χ0v) is 6.38. The van der Waals surface area contributed by atoms with Gasteiger partial charge in [0.25, 0.3) is 0 Å². The maximum atomic E-state index is 10.0. The van der Waals surface area contributed by atoms with Crippen molar-refractivity contribution in [1.82, 2.24) is 0 Å². The Morgan fingerprint density at radius 3 is 2.18 bits per heavy atom. The highest BCUT2D eigenvalue weighted by Gasteiger charge is 2.05. The first-order valence-corrected chi connectivity index (χ1v) is 2.50. The Morgan fingerprint density at radius 2 is 1.91 bits per heavy atom. The number of carbonyl (C=O) groups is 2. The molecule has 1 unspecified atom stereocenters. The van der Waals surface area contributed by atoms with E-state index in [9.17, 15) is 9.59 Å². The zero-order valence-electron chi connectivity index (χ0n) is 5.56. The van der Waals surface area contributed by atoms with Crippen molar-refractivity contribution < 1.29 is 14.7 Å². The molecule has 11 heavy (non-hydrogen) atoms. The predicted molar refractivity (Wildman–Crippen MR) is 41.2 cm³/mol. The second-order valence-corrected chi connectivity index (χ2v) is 1.63. The molecule has 0 saturated carbocycles. The van der Waals surface area contributed by atoms with E-state index >= 15 is 0 Å². The van der Waals surface area contributed by atoms with Crippen molar-refractivity contribution in [3.8, 4) is 0 Å². The molecule has 0 saturated heterocycles. The van der Waals surface area contributed by atoms with E-state index in [1.54, 1.807) is 0 Å². The van der Waals surface area contributed by atoms with Gasteiger partial charge in [0.1, 0.15) is 6.04 Å². The first-order valence-electron chi connectivity index (χ1n) is 2.50. The SMILES string of the molecule is Cl.NC(=O)/C=C/C(N)C(=O)O. The van der Waals surface area contributed by atoms with Gasteiger partial charge in [-0.1, -0.05) is 6.08 Å². The summed E-state index contributed by atoms with van der Waals surface area (Å²) >= 11 is 0. The normalized spacial score (nSPS) is 12.1. The van der Waals surface area contributed by atoms with Gasteiger partial charge >= 0.3 is 5.97 Å². The molecule has 1 atom stereocenters. The van der Waals surface area contributed by atoms with Gasteiger partial charge in [0, 0.05) is 6.08 Å².